The van der Waals surface area contributed by atoms with Crippen molar-refractivity contribution >= 4 is 50.7 Å². The van der Waals surface area contributed by atoms with Crippen molar-refractivity contribution in [2.45, 2.75) is 72.8 Å². The van der Waals surface area contributed by atoms with E-state index < -0.39 is 5.92 Å². The SMILES string of the molecule is CCOc1cc(C2C3=C(CC(C)(C)CC3=O)N(Cc3ccccc3)C3=C2C(=O)CC(C)(C)C3)cc(Br)c1OCC(=O)Nc1ccccc1Cl. The Labute approximate surface area is 301 Å². The molecule has 7 nitrogen and oxygen atoms in total. The van der Waals surface area contributed by atoms with Crippen LogP contribution >= 0.6 is 27.5 Å². The summed E-state index contributed by atoms with van der Waals surface area (Å²) in [6, 6.07) is 21.0. The number of ketones is 2. The van der Waals surface area contributed by atoms with Crippen LogP contribution in [0.4, 0.5) is 5.69 Å². The molecule has 9 heteroatoms. The molecule has 3 aromatic rings. The van der Waals surface area contributed by atoms with Gasteiger partial charge in [0.15, 0.2) is 29.7 Å². The Morgan fingerprint density at radius 1 is 0.878 bits per heavy atom. The molecule has 1 heterocycles. The van der Waals surface area contributed by atoms with Crippen LogP contribution < -0.4 is 14.8 Å². The molecule has 49 heavy (non-hydrogen) atoms. The molecule has 0 bridgehead atoms. The lowest BCUT2D eigenvalue weighted by Crippen LogP contribution is -2.44. The molecule has 0 radical (unpaired) electrons. The summed E-state index contributed by atoms with van der Waals surface area (Å²) in [5.74, 6) is -0.0454. The normalized spacial score (nSPS) is 18.6. The lowest BCUT2D eigenvalue weighted by molar-refractivity contribution is -0.120. The second-order valence-electron chi connectivity index (χ2n) is 14.7. The summed E-state index contributed by atoms with van der Waals surface area (Å²) in [5.41, 5.74) is 5.26. The number of hydrogen-bond donors (Lipinski definition) is 1. The van der Waals surface area contributed by atoms with Gasteiger partial charge in [-0.25, -0.2) is 0 Å². The van der Waals surface area contributed by atoms with Gasteiger partial charge >= 0.3 is 0 Å². The Kier molecular flexibility index (Phi) is 9.84. The van der Waals surface area contributed by atoms with Crippen molar-refractivity contribution in [1.82, 2.24) is 4.90 Å². The molecule has 0 saturated carbocycles. The van der Waals surface area contributed by atoms with Gasteiger partial charge in [-0.15, -0.1) is 0 Å². The maximum absolute atomic E-state index is 14.3. The van der Waals surface area contributed by atoms with Gasteiger partial charge in [-0.3, -0.25) is 14.4 Å². The molecule has 3 aliphatic rings. The van der Waals surface area contributed by atoms with Crippen LogP contribution in [0.2, 0.25) is 5.02 Å². The fourth-order valence-corrected chi connectivity index (χ4v) is 8.14. The number of carbonyl (C=O) groups excluding carboxylic acids is 3. The molecule has 1 N–H and O–H groups in total. The van der Waals surface area contributed by atoms with Crippen molar-refractivity contribution in [2.24, 2.45) is 10.8 Å². The molecule has 1 amide bonds. The van der Waals surface area contributed by atoms with E-state index in [1.54, 1.807) is 24.3 Å². The Balaban J connectivity index is 1.44. The van der Waals surface area contributed by atoms with Gasteiger partial charge in [0.25, 0.3) is 5.91 Å². The molecular formula is C40H42BrClN2O5. The molecule has 0 spiro atoms. The number of nitrogens with one attached hydrogen (secondary N) is 1. The summed E-state index contributed by atoms with van der Waals surface area (Å²) in [4.78, 5) is 43.7. The molecule has 0 fully saturated rings. The summed E-state index contributed by atoms with van der Waals surface area (Å²) in [6.07, 6.45) is 2.21. The molecule has 1 aliphatic heterocycles. The van der Waals surface area contributed by atoms with Crippen LogP contribution in [-0.4, -0.2) is 35.6 Å². The summed E-state index contributed by atoms with van der Waals surface area (Å²) >= 11 is 9.92. The number of carbonyl (C=O) groups is 3. The molecule has 2 aliphatic carbocycles. The van der Waals surface area contributed by atoms with E-state index in [2.05, 4.69) is 66.0 Å². The molecule has 0 unspecified atom stereocenters. The number of hydrogen-bond acceptors (Lipinski definition) is 6. The highest BCUT2D eigenvalue weighted by Crippen LogP contribution is 2.56. The highest BCUT2D eigenvalue weighted by Gasteiger charge is 2.49. The minimum atomic E-state index is -0.558. The average molecular weight is 746 g/mol. The van der Waals surface area contributed by atoms with Gasteiger partial charge < -0.3 is 19.7 Å². The van der Waals surface area contributed by atoms with Crippen LogP contribution in [0.15, 0.2) is 93.7 Å². The van der Waals surface area contributed by atoms with Gasteiger partial charge in [-0.2, -0.15) is 0 Å². The highest BCUT2D eigenvalue weighted by atomic mass is 79.9. The zero-order valence-electron chi connectivity index (χ0n) is 28.6. The van der Waals surface area contributed by atoms with Crippen LogP contribution in [0.3, 0.4) is 0 Å². The summed E-state index contributed by atoms with van der Waals surface area (Å²) in [7, 11) is 0. The summed E-state index contributed by atoms with van der Waals surface area (Å²) in [6.45, 7) is 11.1. The van der Waals surface area contributed by atoms with E-state index in [0.717, 1.165) is 22.5 Å². The third-order valence-electron chi connectivity index (χ3n) is 9.37. The number of anilines is 1. The first-order valence-electron chi connectivity index (χ1n) is 16.7. The van der Waals surface area contributed by atoms with Crippen molar-refractivity contribution in [3.8, 4) is 11.5 Å². The number of amides is 1. The number of nitrogens with zero attached hydrogens (tertiary/aromatic N) is 1. The van der Waals surface area contributed by atoms with Gasteiger partial charge in [0.1, 0.15) is 0 Å². The van der Waals surface area contributed by atoms with Gasteiger partial charge in [-0.05, 0) is 81.9 Å². The zero-order valence-corrected chi connectivity index (χ0v) is 31.0. The van der Waals surface area contributed by atoms with Crippen LogP contribution in [0, 0.1) is 10.8 Å². The molecule has 256 valence electrons. The van der Waals surface area contributed by atoms with Crippen LogP contribution in [0.25, 0.3) is 0 Å². The standard InChI is InChI=1S/C40H42BrClN2O5/c1-6-48-33-17-25(16-26(41)38(33)49-23-34(47)43-28-15-11-10-14-27(28)42)35-36-29(18-39(2,3)20-31(36)45)44(22-24-12-8-7-9-13-24)30-19-40(4,5)21-32(46)37(30)35/h7-17,35H,6,18-23H2,1-5H3,(H,43,47). The van der Waals surface area contributed by atoms with Gasteiger partial charge in [-0.1, -0.05) is 81.8 Å². The van der Waals surface area contributed by atoms with E-state index in [1.165, 1.54) is 0 Å². The number of allylic oxidation sites excluding steroid dienone is 4. The second-order valence-corrected chi connectivity index (χ2v) is 15.9. The van der Waals surface area contributed by atoms with Crippen molar-refractivity contribution in [1.29, 1.82) is 0 Å². The third-order valence-corrected chi connectivity index (χ3v) is 10.3. The predicted octanol–water partition coefficient (Wildman–Crippen LogP) is 9.40. The van der Waals surface area contributed by atoms with E-state index in [9.17, 15) is 14.4 Å². The van der Waals surface area contributed by atoms with Crippen LogP contribution in [0.5, 0.6) is 11.5 Å². The van der Waals surface area contributed by atoms with E-state index >= 15 is 0 Å². The lowest BCUT2D eigenvalue weighted by Gasteiger charge is -2.49. The van der Waals surface area contributed by atoms with Crippen LogP contribution in [0.1, 0.15) is 77.3 Å². The van der Waals surface area contributed by atoms with Crippen molar-refractivity contribution in [3.05, 3.63) is 110 Å². The van der Waals surface area contributed by atoms with Crippen LogP contribution in [-0.2, 0) is 20.9 Å². The second kappa shape index (κ2) is 13.8. The third kappa shape index (κ3) is 7.36. The van der Waals surface area contributed by atoms with Crippen molar-refractivity contribution < 1.29 is 23.9 Å². The zero-order chi connectivity index (χ0) is 35.1. The molecule has 0 saturated heterocycles. The van der Waals surface area contributed by atoms with Gasteiger partial charge in [0.05, 0.1) is 21.8 Å². The average Bonchev–Trinajstić information content (AvgIpc) is 3.02. The first-order valence-corrected chi connectivity index (χ1v) is 17.9. The maximum Gasteiger partial charge on any atom is 0.262 e. The predicted molar refractivity (Wildman–Crippen MR) is 196 cm³/mol. The van der Waals surface area contributed by atoms with E-state index in [0.29, 0.717) is 76.7 Å². The topological polar surface area (TPSA) is 84.9 Å². The van der Waals surface area contributed by atoms with Crippen molar-refractivity contribution in [2.75, 3.05) is 18.5 Å². The largest absolute Gasteiger partial charge is 0.490 e. The Morgan fingerprint density at radius 3 is 2.06 bits per heavy atom. The van der Waals surface area contributed by atoms with Gasteiger partial charge in [0, 0.05) is 47.8 Å². The fourth-order valence-electron chi connectivity index (χ4n) is 7.38. The minimum Gasteiger partial charge on any atom is -0.490 e. The first kappa shape index (κ1) is 35.0. The lowest BCUT2D eigenvalue weighted by atomic mass is 9.63. The summed E-state index contributed by atoms with van der Waals surface area (Å²) < 4.78 is 12.7. The van der Waals surface area contributed by atoms with E-state index in [-0.39, 0.29) is 34.9 Å². The molecule has 6 rings (SSSR count). The van der Waals surface area contributed by atoms with Gasteiger partial charge in [0.2, 0.25) is 0 Å². The Bertz CT molecular complexity index is 1830. The monoisotopic (exact) mass is 744 g/mol. The minimum absolute atomic E-state index is 0.0594. The Morgan fingerprint density at radius 2 is 1.47 bits per heavy atom. The molecule has 3 aromatic carbocycles. The number of rotatable bonds is 9. The van der Waals surface area contributed by atoms with E-state index in [4.69, 9.17) is 21.1 Å². The van der Waals surface area contributed by atoms with Crippen molar-refractivity contribution in [3.63, 3.8) is 0 Å². The maximum atomic E-state index is 14.3. The first-order chi connectivity index (χ1) is 23.3. The quantitative estimate of drug-likeness (QED) is 0.235. The molecule has 0 aromatic heterocycles. The number of halogens is 2. The summed E-state index contributed by atoms with van der Waals surface area (Å²) in [5, 5.41) is 3.20. The molecule has 0 atom stereocenters. The van der Waals surface area contributed by atoms with E-state index in [1.807, 2.05) is 37.3 Å². The number of benzene rings is 3. The Hall–Kier alpha value is -3.88. The molecular weight excluding hydrogens is 704 g/mol. The number of para-hydroxylation sites is 1. The smallest absolute Gasteiger partial charge is 0.262 e. The highest BCUT2D eigenvalue weighted by molar-refractivity contribution is 9.10. The fraction of sp³-hybridized carbons (Fsp3) is 0.375. The number of Topliss-reactive ketones (excluding diaryl/α,β-unsaturated/α-hetero) is 2. The number of ether oxygens (including phenoxy) is 2.